The van der Waals surface area contributed by atoms with Gasteiger partial charge in [0.15, 0.2) is 0 Å². The van der Waals surface area contributed by atoms with Crippen LogP contribution < -0.4 is 10.2 Å². The van der Waals surface area contributed by atoms with Gasteiger partial charge in [-0.2, -0.15) is 0 Å². The molecular formula is C23H20ClN5O. The van der Waals surface area contributed by atoms with Crippen molar-refractivity contribution in [3.05, 3.63) is 83.7 Å². The lowest BCUT2D eigenvalue weighted by atomic mass is 9.89. The number of pyridine rings is 1. The van der Waals surface area contributed by atoms with Crippen molar-refractivity contribution in [3.63, 3.8) is 0 Å². The average molecular weight is 418 g/mol. The largest absolute Gasteiger partial charge is 0.365 e. The summed E-state index contributed by atoms with van der Waals surface area (Å²) < 4.78 is 0. The van der Waals surface area contributed by atoms with Gasteiger partial charge in [-0.3, -0.25) is 9.78 Å². The van der Waals surface area contributed by atoms with Crippen molar-refractivity contribution in [3.8, 4) is 0 Å². The van der Waals surface area contributed by atoms with Crippen molar-refractivity contribution in [2.45, 2.75) is 18.9 Å². The van der Waals surface area contributed by atoms with Gasteiger partial charge >= 0.3 is 0 Å². The van der Waals surface area contributed by atoms with E-state index >= 15 is 0 Å². The second-order valence-electron chi connectivity index (χ2n) is 7.44. The highest BCUT2D eigenvalue weighted by molar-refractivity contribution is 6.30. The van der Waals surface area contributed by atoms with E-state index in [4.69, 9.17) is 11.6 Å². The van der Waals surface area contributed by atoms with Crippen molar-refractivity contribution in [1.29, 1.82) is 0 Å². The van der Waals surface area contributed by atoms with Gasteiger partial charge in [0.2, 0.25) is 5.91 Å². The van der Waals surface area contributed by atoms with Gasteiger partial charge in [0.05, 0.1) is 36.4 Å². The van der Waals surface area contributed by atoms with Crippen LogP contribution in [0.25, 0.3) is 10.8 Å². The number of amides is 1. The molecule has 0 saturated heterocycles. The minimum absolute atomic E-state index is 0.0436. The third-order valence-electron chi connectivity index (χ3n) is 5.55. The summed E-state index contributed by atoms with van der Waals surface area (Å²) in [7, 11) is 0. The summed E-state index contributed by atoms with van der Waals surface area (Å²) >= 11 is 6.30. The number of anilines is 2. The Morgan fingerprint density at radius 3 is 2.93 bits per heavy atom. The number of aromatic amines is 1. The molecule has 150 valence electrons. The molecule has 0 spiro atoms. The van der Waals surface area contributed by atoms with Gasteiger partial charge in [0.25, 0.3) is 0 Å². The first kappa shape index (κ1) is 18.6. The molecule has 4 aromatic rings. The number of benzene rings is 2. The van der Waals surface area contributed by atoms with Gasteiger partial charge in [-0.1, -0.05) is 35.9 Å². The molecule has 0 bridgehead atoms. The topological polar surface area (TPSA) is 73.9 Å². The van der Waals surface area contributed by atoms with Crippen LogP contribution in [0.5, 0.6) is 0 Å². The van der Waals surface area contributed by atoms with E-state index in [1.807, 2.05) is 48.7 Å². The van der Waals surface area contributed by atoms with Crippen molar-refractivity contribution in [2.24, 2.45) is 0 Å². The Morgan fingerprint density at radius 1 is 1.17 bits per heavy atom. The molecule has 5 rings (SSSR count). The summed E-state index contributed by atoms with van der Waals surface area (Å²) in [5.41, 5.74) is 3.72. The predicted molar refractivity (Wildman–Crippen MR) is 119 cm³/mol. The number of halogens is 1. The SMILES string of the molecule is O=C(Nc1cncc2ccccc12)C1CCN(Cc2cnc[nH]2)c2ccc(Cl)cc21. The molecule has 7 heteroatoms. The van der Waals surface area contributed by atoms with Crippen LogP contribution in [0.15, 0.2) is 67.4 Å². The van der Waals surface area contributed by atoms with E-state index in [-0.39, 0.29) is 11.8 Å². The second-order valence-corrected chi connectivity index (χ2v) is 7.88. The van der Waals surface area contributed by atoms with Crippen LogP contribution in [0.1, 0.15) is 23.6 Å². The minimum atomic E-state index is -0.282. The average Bonchev–Trinajstić information content (AvgIpc) is 3.27. The lowest BCUT2D eigenvalue weighted by Crippen LogP contribution is -2.35. The van der Waals surface area contributed by atoms with Crippen molar-refractivity contribution < 1.29 is 4.79 Å². The standard InChI is InChI=1S/C23H20ClN5O/c24-16-5-6-22-20(9-16)19(7-8-29(22)13-17-11-26-14-27-17)23(30)28-21-12-25-10-15-3-1-2-4-18(15)21/h1-6,9-12,14,19H,7-8,13H2,(H,26,27)(H,28,30). The van der Waals surface area contributed by atoms with Crippen LogP contribution in [0.4, 0.5) is 11.4 Å². The fraction of sp³-hybridized carbons (Fsp3) is 0.174. The molecule has 1 amide bonds. The maximum Gasteiger partial charge on any atom is 0.232 e. The maximum absolute atomic E-state index is 13.3. The van der Waals surface area contributed by atoms with E-state index in [0.29, 0.717) is 18.0 Å². The number of aromatic nitrogens is 3. The lowest BCUT2D eigenvalue weighted by Gasteiger charge is -2.35. The summed E-state index contributed by atoms with van der Waals surface area (Å²) in [5, 5.41) is 5.69. The summed E-state index contributed by atoms with van der Waals surface area (Å²) in [4.78, 5) is 27.1. The fourth-order valence-corrected chi connectivity index (χ4v) is 4.28. The van der Waals surface area contributed by atoms with E-state index in [1.54, 1.807) is 18.7 Å². The van der Waals surface area contributed by atoms with Crippen molar-refractivity contribution in [2.75, 3.05) is 16.8 Å². The summed E-state index contributed by atoms with van der Waals surface area (Å²) in [6.07, 6.45) is 7.70. The Hall–Kier alpha value is -3.38. The first-order valence-corrected chi connectivity index (χ1v) is 10.2. The van der Waals surface area contributed by atoms with Crippen LogP contribution in [0, 0.1) is 0 Å². The van der Waals surface area contributed by atoms with E-state index < -0.39 is 0 Å². The molecule has 6 nitrogen and oxygen atoms in total. The Bertz CT molecular complexity index is 1200. The Balaban J connectivity index is 1.45. The van der Waals surface area contributed by atoms with Crippen LogP contribution >= 0.6 is 11.6 Å². The quantitative estimate of drug-likeness (QED) is 0.502. The normalized spacial score (nSPS) is 15.8. The highest BCUT2D eigenvalue weighted by Gasteiger charge is 2.31. The molecule has 0 aliphatic carbocycles. The van der Waals surface area contributed by atoms with Gasteiger partial charge in [0.1, 0.15) is 0 Å². The van der Waals surface area contributed by atoms with Crippen molar-refractivity contribution >= 4 is 39.7 Å². The number of fused-ring (bicyclic) bond motifs is 2. The zero-order valence-electron chi connectivity index (χ0n) is 16.2. The first-order valence-electron chi connectivity index (χ1n) is 9.84. The smallest absolute Gasteiger partial charge is 0.232 e. The Morgan fingerprint density at radius 2 is 2.07 bits per heavy atom. The minimum Gasteiger partial charge on any atom is -0.365 e. The molecule has 2 N–H and O–H groups in total. The number of nitrogens with zero attached hydrogens (tertiary/aromatic N) is 3. The zero-order chi connectivity index (χ0) is 20.5. The van der Waals surface area contributed by atoms with Crippen molar-refractivity contribution in [1.82, 2.24) is 15.0 Å². The molecule has 3 heterocycles. The number of carbonyl (C=O) groups excluding carboxylic acids is 1. The number of rotatable bonds is 4. The zero-order valence-corrected chi connectivity index (χ0v) is 16.9. The van der Waals surface area contributed by atoms with E-state index in [2.05, 4.69) is 25.2 Å². The van der Waals surface area contributed by atoms with Crippen LogP contribution in [-0.4, -0.2) is 27.4 Å². The molecule has 2 aromatic heterocycles. The molecule has 1 unspecified atom stereocenters. The summed E-state index contributed by atoms with van der Waals surface area (Å²) in [6.45, 7) is 1.47. The van der Waals surface area contributed by atoms with Gasteiger partial charge in [-0.25, -0.2) is 4.98 Å². The van der Waals surface area contributed by atoms with E-state index in [0.717, 1.165) is 39.9 Å². The number of hydrogen-bond donors (Lipinski definition) is 2. The van der Waals surface area contributed by atoms with Crippen LogP contribution in [0.3, 0.4) is 0 Å². The van der Waals surface area contributed by atoms with Gasteiger partial charge in [-0.15, -0.1) is 0 Å². The molecule has 1 aliphatic heterocycles. The molecule has 1 atom stereocenters. The maximum atomic E-state index is 13.3. The molecule has 0 saturated carbocycles. The second kappa shape index (κ2) is 7.80. The highest BCUT2D eigenvalue weighted by Crippen LogP contribution is 2.38. The third kappa shape index (κ3) is 3.50. The lowest BCUT2D eigenvalue weighted by molar-refractivity contribution is -0.117. The van der Waals surface area contributed by atoms with Crippen LogP contribution in [0.2, 0.25) is 5.02 Å². The number of imidazole rings is 1. The summed E-state index contributed by atoms with van der Waals surface area (Å²) in [6, 6.07) is 13.7. The van der Waals surface area contributed by atoms with Crippen LogP contribution in [-0.2, 0) is 11.3 Å². The molecule has 2 aromatic carbocycles. The number of H-pyrrole nitrogens is 1. The van der Waals surface area contributed by atoms with Gasteiger partial charge < -0.3 is 15.2 Å². The Kier molecular flexibility index (Phi) is 4.85. The summed E-state index contributed by atoms with van der Waals surface area (Å²) in [5.74, 6) is -0.325. The first-order chi connectivity index (χ1) is 14.7. The number of nitrogens with one attached hydrogen (secondary N) is 2. The third-order valence-corrected chi connectivity index (χ3v) is 5.79. The monoisotopic (exact) mass is 417 g/mol. The molecule has 0 radical (unpaired) electrons. The Labute approximate surface area is 178 Å². The highest BCUT2D eigenvalue weighted by atomic mass is 35.5. The van der Waals surface area contributed by atoms with Gasteiger partial charge in [-0.05, 0) is 30.2 Å². The predicted octanol–water partition coefficient (Wildman–Crippen LogP) is 4.74. The number of carbonyl (C=O) groups is 1. The molecular weight excluding hydrogens is 398 g/mol. The van der Waals surface area contributed by atoms with E-state index in [9.17, 15) is 4.79 Å². The van der Waals surface area contributed by atoms with E-state index in [1.165, 1.54) is 0 Å². The number of hydrogen-bond acceptors (Lipinski definition) is 4. The molecule has 30 heavy (non-hydrogen) atoms. The molecule has 1 aliphatic rings. The fourth-order valence-electron chi connectivity index (χ4n) is 4.10. The molecule has 0 fully saturated rings. The van der Waals surface area contributed by atoms with Gasteiger partial charge in [0, 0.05) is 40.4 Å².